The number of piperidine rings is 1. The fourth-order valence-corrected chi connectivity index (χ4v) is 4.30. The van der Waals surface area contributed by atoms with Crippen LogP contribution in [0.1, 0.15) is 41.3 Å². The average molecular weight is 374 g/mol. The molecule has 3 rings (SSSR count). The van der Waals surface area contributed by atoms with E-state index in [2.05, 4.69) is 10.6 Å². The number of hydrogen-bond acceptors (Lipinski definition) is 4. The van der Waals surface area contributed by atoms with Gasteiger partial charge in [0.2, 0.25) is 10.0 Å². The number of amides is 1. The summed E-state index contributed by atoms with van der Waals surface area (Å²) in [5, 5.41) is 6.30. The quantitative estimate of drug-likeness (QED) is 0.832. The minimum Gasteiger partial charge on any atom is -0.349 e. The Hall–Kier alpha value is -1.15. The van der Waals surface area contributed by atoms with Crippen LogP contribution in [0.5, 0.6) is 0 Å². The van der Waals surface area contributed by atoms with Crippen molar-refractivity contribution in [2.45, 2.75) is 38.9 Å². The number of nitrogens with one attached hydrogen (secondary N) is 2. The lowest BCUT2D eigenvalue weighted by atomic mass is 10.0. The number of benzene rings is 1. The highest BCUT2D eigenvalue weighted by Crippen LogP contribution is 2.18. The Kier molecular flexibility index (Phi) is 6.25. The second kappa shape index (κ2) is 7.82. The molecule has 0 bridgehead atoms. The lowest BCUT2D eigenvalue weighted by Gasteiger charge is -2.31. The van der Waals surface area contributed by atoms with Crippen molar-refractivity contribution in [3.8, 4) is 0 Å². The van der Waals surface area contributed by atoms with Gasteiger partial charge in [0.05, 0.1) is 5.75 Å². The normalized spacial score (nSPS) is 18.7. The molecule has 2 aliphatic rings. The Labute approximate surface area is 149 Å². The third-order valence-electron chi connectivity index (χ3n) is 4.65. The van der Waals surface area contributed by atoms with Crippen LogP contribution < -0.4 is 10.6 Å². The minimum absolute atomic E-state index is 0. The summed E-state index contributed by atoms with van der Waals surface area (Å²) in [5.74, 6) is 0.0594. The molecule has 1 amide bonds. The van der Waals surface area contributed by atoms with Gasteiger partial charge in [0.25, 0.3) is 5.91 Å². The molecule has 134 valence electrons. The molecule has 0 spiro atoms. The van der Waals surface area contributed by atoms with Gasteiger partial charge in [0.1, 0.15) is 0 Å². The highest BCUT2D eigenvalue weighted by molar-refractivity contribution is 7.89. The Morgan fingerprint density at radius 3 is 2.58 bits per heavy atom. The summed E-state index contributed by atoms with van der Waals surface area (Å²) in [6.45, 7) is 4.29. The highest BCUT2D eigenvalue weighted by atomic mass is 35.5. The maximum absolute atomic E-state index is 12.4. The summed E-state index contributed by atoms with van der Waals surface area (Å²) >= 11 is 0. The van der Waals surface area contributed by atoms with Crippen LogP contribution in [-0.4, -0.2) is 43.5 Å². The van der Waals surface area contributed by atoms with Crippen LogP contribution >= 0.6 is 12.4 Å². The van der Waals surface area contributed by atoms with E-state index in [0.717, 1.165) is 13.1 Å². The van der Waals surface area contributed by atoms with Gasteiger partial charge in [0, 0.05) is 37.8 Å². The zero-order chi connectivity index (χ0) is 16.4. The number of halogens is 1. The molecule has 1 saturated heterocycles. The Bertz CT molecular complexity index is 701. The summed E-state index contributed by atoms with van der Waals surface area (Å²) < 4.78 is 25.2. The second-order valence-electron chi connectivity index (χ2n) is 6.13. The van der Waals surface area contributed by atoms with Crippen molar-refractivity contribution in [2.24, 2.45) is 0 Å². The summed E-state index contributed by atoms with van der Waals surface area (Å²) in [5.41, 5.74) is 3.11. The van der Waals surface area contributed by atoms with Crippen LogP contribution in [0.2, 0.25) is 0 Å². The van der Waals surface area contributed by atoms with E-state index in [0.29, 0.717) is 31.5 Å². The topological polar surface area (TPSA) is 78.5 Å². The van der Waals surface area contributed by atoms with Crippen LogP contribution in [0.3, 0.4) is 0 Å². The first kappa shape index (κ1) is 19.2. The molecule has 0 aromatic heterocycles. The van der Waals surface area contributed by atoms with Crippen molar-refractivity contribution in [2.75, 3.05) is 18.8 Å². The minimum atomic E-state index is -3.12. The Morgan fingerprint density at radius 1 is 1.25 bits per heavy atom. The zero-order valence-electron chi connectivity index (χ0n) is 13.7. The predicted octanol–water partition coefficient (Wildman–Crippen LogP) is 1.26. The van der Waals surface area contributed by atoms with Crippen molar-refractivity contribution in [3.05, 3.63) is 34.9 Å². The molecule has 2 heterocycles. The van der Waals surface area contributed by atoms with Gasteiger partial charge in [-0.05, 0) is 43.0 Å². The number of hydrogen-bond donors (Lipinski definition) is 2. The molecule has 24 heavy (non-hydrogen) atoms. The maximum atomic E-state index is 12.4. The molecule has 8 heteroatoms. The third-order valence-corrected chi connectivity index (χ3v) is 6.53. The molecule has 6 nitrogen and oxygen atoms in total. The van der Waals surface area contributed by atoms with Crippen molar-refractivity contribution < 1.29 is 13.2 Å². The number of sulfonamides is 1. The SMILES string of the molecule is CCS(=O)(=O)N1CCC(NC(=O)c2ccc3c(c2)CNC3)CC1.Cl. The summed E-state index contributed by atoms with van der Waals surface area (Å²) in [4.78, 5) is 12.4. The molecule has 1 aromatic rings. The van der Waals surface area contributed by atoms with Crippen molar-refractivity contribution in [1.29, 1.82) is 0 Å². The van der Waals surface area contributed by atoms with E-state index in [-0.39, 0.29) is 30.1 Å². The largest absolute Gasteiger partial charge is 0.349 e. The number of fused-ring (bicyclic) bond motifs is 1. The Morgan fingerprint density at radius 2 is 1.92 bits per heavy atom. The lowest BCUT2D eigenvalue weighted by molar-refractivity contribution is 0.0923. The summed E-state index contributed by atoms with van der Waals surface area (Å²) in [6, 6.07) is 5.84. The first-order valence-electron chi connectivity index (χ1n) is 8.11. The van der Waals surface area contributed by atoms with Gasteiger partial charge < -0.3 is 10.6 Å². The van der Waals surface area contributed by atoms with E-state index >= 15 is 0 Å². The fourth-order valence-electron chi connectivity index (χ4n) is 3.17. The number of carbonyl (C=O) groups is 1. The van der Waals surface area contributed by atoms with Crippen molar-refractivity contribution >= 4 is 28.3 Å². The maximum Gasteiger partial charge on any atom is 0.251 e. The molecular weight excluding hydrogens is 350 g/mol. The molecule has 2 N–H and O–H groups in total. The van der Waals surface area contributed by atoms with Gasteiger partial charge in [-0.15, -0.1) is 12.4 Å². The molecule has 0 radical (unpaired) electrons. The third kappa shape index (κ3) is 4.08. The molecule has 0 atom stereocenters. The molecule has 0 unspecified atom stereocenters. The van der Waals surface area contributed by atoms with E-state index in [4.69, 9.17) is 0 Å². The van der Waals surface area contributed by atoms with Gasteiger partial charge in [-0.2, -0.15) is 0 Å². The average Bonchev–Trinajstić information content (AvgIpc) is 3.03. The zero-order valence-corrected chi connectivity index (χ0v) is 15.4. The van der Waals surface area contributed by atoms with Gasteiger partial charge in [0.15, 0.2) is 0 Å². The van der Waals surface area contributed by atoms with Crippen LogP contribution in [0.15, 0.2) is 18.2 Å². The molecule has 0 saturated carbocycles. The predicted molar refractivity (Wildman–Crippen MR) is 95.8 cm³/mol. The van der Waals surface area contributed by atoms with Crippen molar-refractivity contribution in [3.63, 3.8) is 0 Å². The number of carbonyl (C=O) groups excluding carboxylic acids is 1. The second-order valence-corrected chi connectivity index (χ2v) is 8.39. The number of rotatable bonds is 4. The lowest BCUT2D eigenvalue weighted by Crippen LogP contribution is -2.46. The van der Waals surface area contributed by atoms with E-state index in [1.165, 1.54) is 15.4 Å². The van der Waals surface area contributed by atoms with Gasteiger partial charge in [-0.3, -0.25) is 4.79 Å². The van der Waals surface area contributed by atoms with Gasteiger partial charge in [-0.25, -0.2) is 12.7 Å². The van der Waals surface area contributed by atoms with E-state index < -0.39 is 10.0 Å². The summed E-state index contributed by atoms with van der Waals surface area (Å²) in [6.07, 6.45) is 1.33. The van der Waals surface area contributed by atoms with Crippen molar-refractivity contribution in [1.82, 2.24) is 14.9 Å². The van der Waals surface area contributed by atoms with Crippen LogP contribution in [0.25, 0.3) is 0 Å². The molecule has 1 aromatic carbocycles. The first-order valence-corrected chi connectivity index (χ1v) is 9.71. The molecule has 2 aliphatic heterocycles. The molecule has 1 fully saturated rings. The van der Waals surface area contributed by atoms with Crippen LogP contribution in [0.4, 0.5) is 0 Å². The smallest absolute Gasteiger partial charge is 0.251 e. The van der Waals surface area contributed by atoms with E-state index in [9.17, 15) is 13.2 Å². The standard InChI is InChI=1S/C16H23N3O3S.ClH/c1-2-23(21,22)19-7-5-15(6-8-19)18-16(20)12-3-4-13-10-17-11-14(13)9-12;/h3-4,9,15,17H,2,5-8,10-11H2,1H3,(H,18,20);1H. The molecule has 0 aliphatic carbocycles. The first-order chi connectivity index (χ1) is 11.0. The van der Waals surface area contributed by atoms with Crippen LogP contribution in [0, 0.1) is 0 Å². The Balaban J connectivity index is 0.00000208. The van der Waals surface area contributed by atoms with E-state index in [1.807, 2.05) is 18.2 Å². The van der Waals surface area contributed by atoms with Crippen LogP contribution in [-0.2, 0) is 23.1 Å². The molecular formula is C16H24ClN3O3S. The van der Waals surface area contributed by atoms with Gasteiger partial charge in [-0.1, -0.05) is 6.07 Å². The monoisotopic (exact) mass is 373 g/mol. The highest BCUT2D eigenvalue weighted by Gasteiger charge is 2.27. The number of nitrogens with zero attached hydrogens (tertiary/aromatic N) is 1. The van der Waals surface area contributed by atoms with Gasteiger partial charge >= 0.3 is 0 Å². The van der Waals surface area contributed by atoms with E-state index in [1.54, 1.807) is 6.92 Å². The summed E-state index contributed by atoms with van der Waals surface area (Å²) in [7, 11) is -3.12. The fraction of sp³-hybridized carbons (Fsp3) is 0.562.